The molecule has 7 rings (SSSR count). The van der Waals surface area contributed by atoms with Gasteiger partial charge in [-0.25, -0.2) is 4.39 Å². The molecule has 0 atom stereocenters. The van der Waals surface area contributed by atoms with Crippen LogP contribution in [-0.4, -0.2) is 4.98 Å². The number of fused-ring (bicyclic) bond motifs is 1. The molecule has 0 amide bonds. The molecular weight excluding hydrogens is 508 g/mol. The predicted molar refractivity (Wildman–Crippen MR) is 168 cm³/mol. The molecule has 0 aliphatic heterocycles. The molecule has 1 nitrogen and oxygen atoms in total. The van der Waals surface area contributed by atoms with Crippen LogP contribution in [0.25, 0.3) is 22.0 Å². The smallest absolute Gasteiger partial charge is 0.123 e. The summed E-state index contributed by atoms with van der Waals surface area (Å²) in [6, 6.07) is 48.5. The van der Waals surface area contributed by atoms with E-state index in [9.17, 15) is 4.39 Å². The van der Waals surface area contributed by atoms with Gasteiger partial charge in [-0.3, -0.25) is 4.98 Å². The van der Waals surface area contributed by atoms with Crippen molar-refractivity contribution in [2.75, 3.05) is 0 Å². The number of para-hydroxylation sites is 1. The van der Waals surface area contributed by atoms with E-state index in [2.05, 4.69) is 121 Å². The predicted octanol–water partition coefficient (Wildman–Crippen LogP) is 8.41. The molecule has 1 saturated carbocycles. The van der Waals surface area contributed by atoms with Crippen LogP contribution in [0.3, 0.4) is 0 Å². The van der Waals surface area contributed by atoms with Gasteiger partial charge >= 0.3 is 0 Å². The van der Waals surface area contributed by atoms with Crippen molar-refractivity contribution < 1.29 is 4.39 Å². The van der Waals surface area contributed by atoms with Gasteiger partial charge in [-0.15, -0.1) is 0 Å². The van der Waals surface area contributed by atoms with Gasteiger partial charge in [-0.1, -0.05) is 84.9 Å². The van der Waals surface area contributed by atoms with Gasteiger partial charge in [0.15, 0.2) is 0 Å². The maximum Gasteiger partial charge on any atom is 0.123 e. The summed E-state index contributed by atoms with van der Waals surface area (Å²) in [7, 11) is -2.19. The zero-order chi connectivity index (χ0) is 26.9. The van der Waals surface area contributed by atoms with E-state index in [4.69, 9.17) is 4.98 Å². The number of hydrogen-bond acceptors (Lipinski definition) is 1. The minimum atomic E-state index is -2.19. The Morgan fingerprint density at radius 3 is 1.73 bits per heavy atom. The van der Waals surface area contributed by atoms with Gasteiger partial charge in [-0.2, -0.15) is 0 Å². The van der Waals surface area contributed by atoms with Crippen molar-refractivity contribution in [3.8, 4) is 11.1 Å². The average molecular weight is 539 g/mol. The third-order valence-electron chi connectivity index (χ3n) is 8.09. The Kier molecular flexibility index (Phi) is 6.50. The summed E-state index contributed by atoms with van der Waals surface area (Å²) >= 11 is 0. The van der Waals surface area contributed by atoms with E-state index in [0.29, 0.717) is 5.92 Å². The zero-order valence-corrected chi connectivity index (χ0v) is 23.1. The molecule has 0 radical (unpaired) electrons. The monoisotopic (exact) mass is 538 g/mol. The lowest BCUT2D eigenvalue weighted by Gasteiger charge is -2.30. The van der Waals surface area contributed by atoms with Gasteiger partial charge < -0.3 is 0 Å². The second-order valence-corrected chi connectivity index (χ2v) is 14.1. The number of halogens is 1. The van der Waals surface area contributed by atoms with Crippen molar-refractivity contribution in [3.05, 3.63) is 157 Å². The van der Waals surface area contributed by atoms with Crippen LogP contribution in [0.2, 0.25) is 0 Å². The Morgan fingerprint density at radius 1 is 0.625 bits per heavy atom. The summed E-state index contributed by atoms with van der Waals surface area (Å²) in [5, 5.41) is 5.10. The highest BCUT2D eigenvalue weighted by Crippen LogP contribution is 2.60. The summed E-state index contributed by atoms with van der Waals surface area (Å²) in [4.78, 5) is 5.33. The van der Waals surface area contributed by atoms with E-state index in [0.717, 1.165) is 41.0 Å². The van der Waals surface area contributed by atoms with Crippen LogP contribution < -0.4 is 15.9 Å². The Hall–Kier alpha value is -4.13. The van der Waals surface area contributed by atoms with E-state index in [1.54, 1.807) is 6.07 Å². The minimum absolute atomic E-state index is 0.215. The van der Waals surface area contributed by atoms with Crippen molar-refractivity contribution in [2.24, 2.45) is 0 Å². The molecule has 0 spiro atoms. The average Bonchev–Trinajstić information content (AvgIpc) is 3.86. The van der Waals surface area contributed by atoms with E-state index >= 15 is 0 Å². The molecule has 1 fully saturated rings. The number of hydrogen-bond donors (Lipinski definition) is 0. The fourth-order valence-electron chi connectivity index (χ4n) is 6.10. The normalized spacial score (nSPS) is 13.4. The number of rotatable bonds is 7. The third kappa shape index (κ3) is 4.43. The summed E-state index contributed by atoms with van der Waals surface area (Å²) in [6.07, 6.45) is 3.11. The second-order valence-electron chi connectivity index (χ2n) is 10.6. The van der Waals surface area contributed by atoms with Crippen molar-refractivity contribution in [2.45, 2.75) is 24.9 Å². The molecule has 0 N–H and O–H groups in total. The van der Waals surface area contributed by atoms with Crippen LogP contribution in [0.4, 0.5) is 4.39 Å². The van der Waals surface area contributed by atoms with E-state index in [-0.39, 0.29) is 5.82 Å². The van der Waals surface area contributed by atoms with Crippen molar-refractivity contribution in [1.82, 2.24) is 4.98 Å². The topological polar surface area (TPSA) is 12.9 Å². The van der Waals surface area contributed by atoms with Crippen LogP contribution in [0.5, 0.6) is 0 Å². The summed E-state index contributed by atoms with van der Waals surface area (Å²) in [6.45, 7) is 0. The zero-order valence-electron chi connectivity index (χ0n) is 22.3. The van der Waals surface area contributed by atoms with Gasteiger partial charge in [0.05, 0.1) is 11.2 Å². The Bertz CT molecular complexity index is 1680. The lowest BCUT2D eigenvalue weighted by atomic mass is 9.93. The molecule has 5 aromatic carbocycles. The molecule has 3 heteroatoms. The second kappa shape index (κ2) is 10.5. The fraction of sp³-hybridized carbons (Fsp3) is 0.108. The Morgan fingerprint density at radius 2 is 1.18 bits per heavy atom. The highest BCUT2D eigenvalue weighted by Gasteiger charge is 2.47. The van der Waals surface area contributed by atoms with E-state index < -0.39 is 7.26 Å². The number of aromatic nitrogens is 1. The Balaban J connectivity index is 1.60. The molecule has 0 bridgehead atoms. The van der Waals surface area contributed by atoms with Crippen LogP contribution in [0, 0.1) is 5.82 Å². The Labute approximate surface area is 235 Å². The SMILES string of the molecule is Fc1cccc(-c2c(C[P+](c3ccccc3)(c3ccccc3)c3ccccc3)c(C3CC3)nc3ccccc23)c1. The molecule has 1 aliphatic carbocycles. The lowest BCUT2D eigenvalue weighted by Crippen LogP contribution is -2.33. The highest BCUT2D eigenvalue weighted by atomic mass is 31.2. The molecule has 6 aromatic rings. The summed E-state index contributed by atoms with van der Waals surface area (Å²) in [5.41, 5.74) is 5.47. The first-order valence-corrected chi connectivity index (χ1v) is 15.9. The van der Waals surface area contributed by atoms with Crippen LogP contribution in [-0.2, 0) is 6.16 Å². The van der Waals surface area contributed by atoms with E-state index in [1.165, 1.54) is 33.2 Å². The molecule has 0 saturated heterocycles. The first kappa shape index (κ1) is 24.9. The highest BCUT2D eigenvalue weighted by molar-refractivity contribution is 7.95. The van der Waals surface area contributed by atoms with Crippen LogP contribution in [0.1, 0.15) is 30.0 Å². The first-order chi connectivity index (χ1) is 19.7. The largest absolute Gasteiger partial charge is 0.252 e. The van der Waals surface area contributed by atoms with Crippen molar-refractivity contribution in [1.29, 1.82) is 0 Å². The van der Waals surface area contributed by atoms with Crippen LogP contribution >= 0.6 is 7.26 Å². The molecule has 1 aromatic heterocycles. The minimum Gasteiger partial charge on any atom is -0.252 e. The molecule has 194 valence electrons. The molecule has 40 heavy (non-hydrogen) atoms. The first-order valence-electron chi connectivity index (χ1n) is 14.0. The lowest BCUT2D eigenvalue weighted by molar-refractivity contribution is 0.628. The van der Waals surface area contributed by atoms with Gasteiger partial charge in [0.1, 0.15) is 35.2 Å². The van der Waals surface area contributed by atoms with Crippen LogP contribution in [0.15, 0.2) is 140 Å². The number of benzene rings is 5. The third-order valence-corrected chi connectivity index (χ3v) is 12.4. The number of nitrogens with zero attached hydrogens (tertiary/aromatic N) is 1. The maximum atomic E-state index is 14.8. The van der Waals surface area contributed by atoms with Crippen molar-refractivity contribution in [3.63, 3.8) is 0 Å². The standard InChI is InChI=1S/C37H30FNP/c38-29-14-12-13-28(25-29)36-33-21-10-11-22-35(33)39-37(27-23-24-27)34(36)26-40(30-15-4-1-5-16-30,31-17-6-2-7-18-31)32-19-8-3-9-20-32/h1-22,25,27H,23-24,26H2/q+1. The van der Waals surface area contributed by atoms with Gasteiger partial charge in [-0.05, 0) is 78.6 Å². The van der Waals surface area contributed by atoms with Gasteiger partial charge in [0, 0.05) is 16.9 Å². The quantitative estimate of drug-likeness (QED) is 0.186. The maximum absolute atomic E-state index is 14.8. The summed E-state index contributed by atoms with van der Waals surface area (Å²) in [5.74, 6) is 0.226. The molecule has 1 heterocycles. The van der Waals surface area contributed by atoms with Gasteiger partial charge in [0.25, 0.3) is 0 Å². The fourth-order valence-corrected chi connectivity index (χ4v) is 10.4. The van der Waals surface area contributed by atoms with E-state index in [1.807, 2.05) is 6.07 Å². The molecule has 1 aliphatic rings. The van der Waals surface area contributed by atoms with Gasteiger partial charge in [0.2, 0.25) is 0 Å². The molecule has 0 unspecified atom stereocenters. The van der Waals surface area contributed by atoms with Crippen molar-refractivity contribution >= 4 is 34.1 Å². The summed E-state index contributed by atoms with van der Waals surface area (Å²) < 4.78 is 14.8. The number of pyridine rings is 1. The molecular formula is C37H30FNP+.